The van der Waals surface area contributed by atoms with Gasteiger partial charge in [-0.3, -0.25) is 23.4 Å². The molecule has 2 rings (SSSR count). The summed E-state index contributed by atoms with van der Waals surface area (Å²) in [5.74, 6) is -2.11. The third kappa shape index (κ3) is 31.3. The fraction of sp³-hybridized carbons (Fsp3) is 0.942. The van der Waals surface area contributed by atoms with E-state index in [-0.39, 0.29) is 6.42 Å². The molecule has 2 saturated heterocycles. The molecular weight excluding hydrogens is 1030 g/mol. The summed E-state index contributed by atoms with van der Waals surface area (Å²) in [6.45, 7) is 4.65. The Balaban J connectivity index is 2.20. The Morgan fingerprint density at radius 2 is 0.947 bits per heavy atom. The zero-order valence-corrected chi connectivity index (χ0v) is 47.7. The van der Waals surface area contributed by atoms with Crippen LogP contribution in [0.25, 0.3) is 0 Å². The molecule has 2 heterocycles. The molecule has 448 valence electrons. The van der Waals surface area contributed by atoms with Crippen molar-refractivity contribution in [3.05, 3.63) is 0 Å². The predicted molar refractivity (Wildman–Crippen MR) is 283 cm³/mol. The molecule has 0 spiro atoms. The number of phosphoric ester groups is 2. The summed E-state index contributed by atoms with van der Waals surface area (Å²) in [6, 6.07) is -3.52. The topological polar surface area (TPSA) is 347 Å². The van der Waals surface area contributed by atoms with E-state index in [0.29, 0.717) is 32.1 Å². The van der Waals surface area contributed by atoms with Gasteiger partial charge in [-0.05, 0) is 25.7 Å². The second-order valence-electron chi connectivity index (χ2n) is 20.9. The van der Waals surface area contributed by atoms with Gasteiger partial charge in [-0.2, -0.15) is 0 Å². The molecule has 76 heavy (non-hydrogen) atoms. The van der Waals surface area contributed by atoms with Crippen molar-refractivity contribution in [2.75, 3.05) is 13.2 Å². The molecule has 11 N–H and O–H groups in total. The molecule has 12 atom stereocenters. The monoisotopic (exact) mass is 1130 g/mol. The van der Waals surface area contributed by atoms with Crippen LogP contribution in [-0.4, -0.2) is 150 Å². The molecule has 0 aliphatic carbocycles. The van der Waals surface area contributed by atoms with Gasteiger partial charge in [0.1, 0.15) is 54.8 Å². The number of hydrogen-bond acceptors (Lipinski definition) is 16. The van der Waals surface area contributed by atoms with Crippen LogP contribution in [0.4, 0.5) is 0 Å². The number of carbonyl (C=O) groups excluding carboxylic acids is 3. The van der Waals surface area contributed by atoms with Crippen molar-refractivity contribution in [1.29, 1.82) is 0 Å². The van der Waals surface area contributed by atoms with Crippen LogP contribution in [-0.2, 0) is 51.5 Å². The Morgan fingerprint density at radius 3 is 1.42 bits per heavy atom. The number of esters is 1. The molecule has 2 amide bonds. The molecule has 0 radical (unpaired) electrons. The first kappa shape index (κ1) is 70.4. The summed E-state index contributed by atoms with van der Waals surface area (Å²) in [6.07, 6.45) is 10.8. The predicted octanol–water partition coefficient (Wildman–Crippen LogP) is 6.90. The third-order valence-corrected chi connectivity index (χ3v) is 15.0. The van der Waals surface area contributed by atoms with Gasteiger partial charge >= 0.3 is 21.6 Å². The number of unbranched alkanes of at least 4 members (excludes halogenated alkanes) is 24. The second-order valence-corrected chi connectivity index (χ2v) is 23.3. The fourth-order valence-electron chi connectivity index (χ4n) is 9.70. The van der Waals surface area contributed by atoms with Gasteiger partial charge < -0.3 is 74.7 Å². The van der Waals surface area contributed by atoms with E-state index in [1.807, 2.05) is 0 Å². The highest BCUT2D eigenvalue weighted by Crippen LogP contribution is 2.43. The summed E-state index contributed by atoms with van der Waals surface area (Å²) >= 11 is 0. The van der Waals surface area contributed by atoms with Crippen LogP contribution in [0.1, 0.15) is 226 Å². The van der Waals surface area contributed by atoms with Gasteiger partial charge in [0.2, 0.25) is 11.8 Å². The fourth-order valence-corrected chi connectivity index (χ4v) is 10.7. The molecule has 0 bridgehead atoms. The van der Waals surface area contributed by atoms with Crippen LogP contribution in [0.3, 0.4) is 0 Å². The minimum absolute atomic E-state index is 0.153. The zero-order chi connectivity index (χ0) is 56.4. The summed E-state index contributed by atoms with van der Waals surface area (Å²) in [5, 5.41) is 59.7. The van der Waals surface area contributed by atoms with Crippen LogP contribution < -0.4 is 10.6 Å². The highest BCUT2D eigenvalue weighted by atomic mass is 31.2. The average Bonchev–Trinajstić information content (AvgIpc) is 3.35. The van der Waals surface area contributed by atoms with Crippen molar-refractivity contribution >= 4 is 33.4 Å². The Bertz CT molecular complexity index is 1640. The van der Waals surface area contributed by atoms with Gasteiger partial charge in [0, 0.05) is 6.42 Å². The average molecular weight is 1140 g/mol. The van der Waals surface area contributed by atoms with Crippen molar-refractivity contribution in [2.24, 2.45) is 0 Å². The molecule has 22 nitrogen and oxygen atoms in total. The number of rotatable bonds is 45. The molecular formula is C52H100N2O20P2. The quantitative estimate of drug-likeness (QED) is 0.0168. The molecule has 0 aromatic carbocycles. The number of hydrogen-bond donors (Lipinski definition) is 11. The van der Waals surface area contributed by atoms with Crippen LogP contribution in [0.5, 0.6) is 0 Å². The highest BCUT2D eigenvalue weighted by molar-refractivity contribution is 7.46. The summed E-state index contributed by atoms with van der Waals surface area (Å²) < 4.78 is 56.9. The van der Waals surface area contributed by atoms with Gasteiger partial charge in [0.05, 0.1) is 32.2 Å². The van der Waals surface area contributed by atoms with Crippen LogP contribution in [0.15, 0.2) is 0 Å². The number of nitrogens with one attached hydrogen (secondary N) is 2. The van der Waals surface area contributed by atoms with E-state index in [2.05, 4.69) is 31.4 Å². The third-order valence-electron chi connectivity index (χ3n) is 14.0. The summed E-state index contributed by atoms with van der Waals surface area (Å²) in [7, 11) is -10.8. The largest absolute Gasteiger partial charge is 0.472 e. The van der Waals surface area contributed by atoms with Crippen molar-refractivity contribution in [3.8, 4) is 0 Å². The molecule has 2 aliphatic heterocycles. The number of phosphoric acid groups is 2. The lowest BCUT2D eigenvalue weighted by atomic mass is 9.95. The Kier molecular flexibility index (Phi) is 37.5. The van der Waals surface area contributed by atoms with Crippen molar-refractivity contribution in [2.45, 2.75) is 300 Å². The Hall–Kier alpha value is -1.69. The maximum Gasteiger partial charge on any atom is 0.472 e. The molecule has 0 aromatic heterocycles. The maximum absolute atomic E-state index is 13.9. The van der Waals surface area contributed by atoms with Crippen LogP contribution >= 0.6 is 15.6 Å². The number of ether oxygens (including phenoxy) is 4. The number of amides is 2. The molecule has 0 aromatic rings. The van der Waals surface area contributed by atoms with E-state index in [1.54, 1.807) is 0 Å². The lowest BCUT2D eigenvalue weighted by Gasteiger charge is -2.45. The smallest absolute Gasteiger partial charge is 0.462 e. The van der Waals surface area contributed by atoms with Crippen molar-refractivity contribution < 1.29 is 96.6 Å². The number of aliphatic hydroxyl groups is 5. The van der Waals surface area contributed by atoms with Crippen molar-refractivity contribution in [1.82, 2.24) is 10.6 Å². The molecule has 2 fully saturated rings. The first-order valence-electron chi connectivity index (χ1n) is 28.7. The van der Waals surface area contributed by atoms with E-state index in [0.717, 1.165) is 89.9 Å². The van der Waals surface area contributed by atoms with Crippen LogP contribution in [0, 0.1) is 0 Å². The zero-order valence-electron chi connectivity index (χ0n) is 45.9. The second kappa shape index (κ2) is 40.5. The van der Waals surface area contributed by atoms with E-state index in [9.17, 15) is 68.6 Å². The first-order chi connectivity index (χ1) is 36.2. The van der Waals surface area contributed by atoms with Gasteiger partial charge in [-0.25, -0.2) is 9.13 Å². The van der Waals surface area contributed by atoms with Gasteiger partial charge in [0.15, 0.2) is 12.6 Å². The van der Waals surface area contributed by atoms with Gasteiger partial charge in [-0.15, -0.1) is 0 Å². The van der Waals surface area contributed by atoms with E-state index in [4.69, 9.17) is 28.0 Å². The van der Waals surface area contributed by atoms with Crippen LogP contribution in [0.2, 0.25) is 0 Å². The summed E-state index contributed by atoms with van der Waals surface area (Å²) in [4.78, 5) is 79.0. The standard InChI is InChI=1S/C52H100N2O20P2/c1-4-7-10-13-16-19-22-25-28-31-38(56)34-42(57)53-45-48(61)47(60)41(72-52(45)74-76(66,67)68)37-69-51-46(49(62)50(40(36-55)71-51)73-75(63,64)65)54-43(58)35-39(32-29-26-23-20-17-14-11-8-5-2)70-44(59)33-30-27-24-21-18-15-12-9-6-3/h38-41,45-52,55-56,60-62H,4-37H2,1-3H3,(H,53,57)(H,54,58)(H2,63,64,65)(H2,66,67,68)/t38-,39+,40-,41-,45-,46-,47-,48-,49-,50-,51-,52-/m1/s1. The maximum atomic E-state index is 13.9. The molecule has 0 saturated carbocycles. The first-order valence-corrected chi connectivity index (χ1v) is 31.8. The SMILES string of the molecule is CCCCCCCCCCCC(=O)O[C@@H](CCCCCCCCCCC)CC(=O)N[C@H]1[C@H](OC[C@H]2O[C@H](OP(=O)(O)O)[C@H](NC(=O)C[C@H](O)CCCCCCCCCCC)[C@@H](O)[C@@H]2O)O[C@H](CO)[C@@H](OP(=O)(O)O)[C@@H]1O. The lowest BCUT2D eigenvalue weighted by molar-refractivity contribution is -0.294. The normalized spacial score (nSPS) is 25.0. The van der Waals surface area contributed by atoms with E-state index in [1.165, 1.54) is 64.2 Å². The van der Waals surface area contributed by atoms with Crippen molar-refractivity contribution in [3.63, 3.8) is 0 Å². The van der Waals surface area contributed by atoms with Gasteiger partial charge in [-0.1, -0.05) is 181 Å². The molecule has 0 unspecified atom stereocenters. The minimum atomic E-state index is -5.42. The van der Waals surface area contributed by atoms with E-state index < -0.39 is 133 Å². The van der Waals surface area contributed by atoms with Gasteiger partial charge in [0.25, 0.3) is 0 Å². The Labute approximate surface area is 452 Å². The lowest BCUT2D eigenvalue weighted by Crippen LogP contribution is -2.67. The number of carbonyl (C=O) groups is 3. The summed E-state index contributed by atoms with van der Waals surface area (Å²) in [5.41, 5.74) is 0. The molecule has 2 aliphatic rings. The van der Waals surface area contributed by atoms with E-state index >= 15 is 0 Å². The highest BCUT2D eigenvalue weighted by Gasteiger charge is 2.52. The molecule has 24 heteroatoms. The number of aliphatic hydroxyl groups excluding tert-OH is 5. The Morgan fingerprint density at radius 1 is 0.526 bits per heavy atom. The minimum Gasteiger partial charge on any atom is -0.462 e.